The number of hydrogen-bond acceptors (Lipinski definition) is 4. The van der Waals surface area contributed by atoms with Crippen LogP contribution < -0.4 is 9.46 Å². The summed E-state index contributed by atoms with van der Waals surface area (Å²) in [6, 6.07) is 13.1. The van der Waals surface area contributed by atoms with E-state index in [0.29, 0.717) is 12.4 Å². The van der Waals surface area contributed by atoms with Gasteiger partial charge in [0.25, 0.3) is 10.0 Å². The minimum atomic E-state index is -3.76. The molecule has 0 spiro atoms. The molecule has 0 fully saturated rings. The van der Waals surface area contributed by atoms with Gasteiger partial charge in [-0.25, -0.2) is 8.42 Å². The van der Waals surface area contributed by atoms with Crippen molar-refractivity contribution in [3.63, 3.8) is 0 Å². The first kappa shape index (κ1) is 15.9. The van der Waals surface area contributed by atoms with Crippen molar-refractivity contribution >= 4 is 15.7 Å². The molecule has 2 aromatic carbocycles. The van der Waals surface area contributed by atoms with Crippen molar-refractivity contribution in [3.05, 3.63) is 53.6 Å². The lowest BCUT2D eigenvalue weighted by Crippen LogP contribution is -2.14. The number of para-hydroxylation sites is 1. The third-order valence-electron chi connectivity index (χ3n) is 3.05. The Morgan fingerprint density at radius 2 is 1.95 bits per heavy atom. The Kier molecular flexibility index (Phi) is 4.68. The number of hydrogen-bond donors (Lipinski definition) is 1. The zero-order chi connectivity index (χ0) is 16.2. The molecule has 0 bridgehead atoms. The normalized spacial score (nSPS) is 10.8. The summed E-state index contributed by atoms with van der Waals surface area (Å²) in [5, 5.41) is 9.02. The lowest BCUT2D eigenvalue weighted by molar-refractivity contribution is 0.337. The number of nitrogens with one attached hydrogen (secondary N) is 1. The molecule has 5 nitrogen and oxygen atoms in total. The van der Waals surface area contributed by atoms with Crippen LogP contribution in [0.15, 0.2) is 47.4 Å². The van der Waals surface area contributed by atoms with Gasteiger partial charge in [0.15, 0.2) is 0 Å². The molecular weight excluding hydrogens is 300 g/mol. The highest BCUT2D eigenvalue weighted by Crippen LogP contribution is 2.24. The minimum Gasteiger partial charge on any atom is -0.494 e. The molecule has 6 heteroatoms. The van der Waals surface area contributed by atoms with E-state index in [2.05, 4.69) is 4.72 Å². The van der Waals surface area contributed by atoms with Crippen LogP contribution in [0.2, 0.25) is 0 Å². The second kappa shape index (κ2) is 6.50. The lowest BCUT2D eigenvalue weighted by Gasteiger charge is -2.12. The molecule has 114 valence electrons. The van der Waals surface area contributed by atoms with Gasteiger partial charge in [0.2, 0.25) is 0 Å². The third kappa shape index (κ3) is 3.38. The Morgan fingerprint density at radius 3 is 2.59 bits per heavy atom. The Balaban J connectivity index is 2.35. The molecule has 2 rings (SSSR count). The summed E-state index contributed by atoms with van der Waals surface area (Å²) in [5.41, 5.74) is 1.27. The van der Waals surface area contributed by atoms with Gasteiger partial charge in [0, 0.05) is 0 Å². The fourth-order valence-corrected chi connectivity index (χ4v) is 3.14. The molecule has 0 saturated carbocycles. The first-order valence-corrected chi connectivity index (χ1v) is 8.21. The Bertz CT molecular complexity index is 824. The Morgan fingerprint density at radius 1 is 1.23 bits per heavy atom. The monoisotopic (exact) mass is 316 g/mol. The summed E-state index contributed by atoms with van der Waals surface area (Å²) in [4.78, 5) is 0.126. The number of rotatable bonds is 5. The van der Waals surface area contributed by atoms with E-state index < -0.39 is 10.0 Å². The fraction of sp³-hybridized carbons (Fsp3) is 0.188. The van der Waals surface area contributed by atoms with Crippen molar-refractivity contribution in [2.75, 3.05) is 11.3 Å². The van der Waals surface area contributed by atoms with Crippen molar-refractivity contribution in [1.82, 2.24) is 0 Å². The maximum atomic E-state index is 12.4. The van der Waals surface area contributed by atoms with Gasteiger partial charge in [-0.3, -0.25) is 4.72 Å². The fourth-order valence-electron chi connectivity index (χ4n) is 1.98. The van der Waals surface area contributed by atoms with Gasteiger partial charge in [-0.05, 0) is 49.7 Å². The van der Waals surface area contributed by atoms with Crippen molar-refractivity contribution in [2.24, 2.45) is 0 Å². The molecule has 0 radical (unpaired) electrons. The molecule has 0 heterocycles. The molecule has 0 unspecified atom stereocenters. The van der Waals surface area contributed by atoms with Crippen LogP contribution in [0, 0.1) is 18.3 Å². The first-order valence-electron chi connectivity index (χ1n) is 6.73. The van der Waals surface area contributed by atoms with E-state index in [0.717, 1.165) is 5.56 Å². The highest BCUT2D eigenvalue weighted by atomic mass is 32.2. The number of sulfonamides is 1. The topological polar surface area (TPSA) is 79.2 Å². The Hall–Kier alpha value is -2.52. The number of ether oxygens (including phenoxy) is 1. The van der Waals surface area contributed by atoms with E-state index in [1.807, 2.05) is 13.0 Å². The lowest BCUT2D eigenvalue weighted by atomic mass is 10.2. The van der Waals surface area contributed by atoms with Gasteiger partial charge < -0.3 is 4.74 Å². The molecule has 0 aromatic heterocycles. The summed E-state index contributed by atoms with van der Waals surface area (Å²) >= 11 is 0. The summed E-state index contributed by atoms with van der Waals surface area (Å²) in [6.45, 7) is 4.17. The summed E-state index contributed by atoms with van der Waals surface area (Å²) < 4.78 is 32.7. The zero-order valence-corrected chi connectivity index (χ0v) is 13.1. The quantitative estimate of drug-likeness (QED) is 0.919. The summed E-state index contributed by atoms with van der Waals surface area (Å²) in [7, 11) is -3.76. The van der Waals surface area contributed by atoms with Crippen LogP contribution in [0.5, 0.6) is 5.75 Å². The minimum absolute atomic E-state index is 0.126. The SMILES string of the molecule is CCOc1ccc(S(=O)(=O)Nc2ccccc2C#N)cc1C. The van der Waals surface area contributed by atoms with Gasteiger partial charge in [-0.1, -0.05) is 12.1 Å². The molecule has 1 N–H and O–H groups in total. The molecule has 0 amide bonds. The van der Waals surface area contributed by atoms with Gasteiger partial charge in [-0.2, -0.15) is 5.26 Å². The maximum Gasteiger partial charge on any atom is 0.261 e. The largest absolute Gasteiger partial charge is 0.494 e. The number of nitrogens with zero attached hydrogens (tertiary/aromatic N) is 1. The second-order valence-corrected chi connectivity index (χ2v) is 6.31. The number of anilines is 1. The van der Waals surface area contributed by atoms with Crippen LogP contribution >= 0.6 is 0 Å². The van der Waals surface area contributed by atoms with E-state index >= 15 is 0 Å². The van der Waals surface area contributed by atoms with Crippen LogP contribution in [-0.4, -0.2) is 15.0 Å². The second-order valence-electron chi connectivity index (χ2n) is 4.62. The van der Waals surface area contributed by atoms with Crippen LogP contribution in [0.3, 0.4) is 0 Å². The highest BCUT2D eigenvalue weighted by Gasteiger charge is 2.17. The first-order chi connectivity index (χ1) is 10.5. The molecule has 0 aliphatic carbocycles. The van der Waals surface area contributed by atoms with E-state index in [1.165, 1.54) is 6.07 Å². The number of benzene rings is 2. The molecule has 0 atom stereocenters. The van der Waals surface area contributed by atoms with Crippen LogP contribution in [-0.2, 0) is 10.0 Å². The third-order valence-corrected chi connectivity index (χ3v) is 4.41. The summed E-state index contributed by atoms with van der Waals surface area (Å²) in [6.07, 6.45) is 0. The van der Waals surface area contributed by atoms with E-state index in [4.69, 9.17) is 10.00 Å². The van der Waals surface area contributed by atoms with E-state index in [-0.39, 0.29) is 16.1 Å². The average Bonchev–Trinajstić information content (AvgIpc) is 2.49. The standard InChI is InChI=1S/C16H16N2O3S/c1-3-21-16-9-8-14(10-12(16)2)22(19,20)18-15-7-5-4-6-13(15)11-17/h4-10,18H,3H2,1-2H3. The zero-order valence-electron chi connectivity index (χ0n) is 12.3. The van der Waals surface area contributed by atoms with Gasteiger partial charge in [-0.15, -0.1) is 0 Å². The maximum absolute atomic E-state index is 12.4. The van der Waals surface area contributed by atoms with Crippen LogP contribution in [0.4, 0.5) is 5.69 Å². The molecule has 0 aliphatic rings. The van der Waals surface area contributed by atoms with Crippen molar-refractivity contribution in [2.45, 2.75) is 18.7 Å². The van der Waals surface area contributed by atoms with Gasteiger partial charge >= 0.3 is 0 Å². The smallest absolute Gasteiger partial charge is 0.261 e. The van der Waals surface area contributed by atoms with E-state index in [9.17, 15) is 8.42 Å². The predicted octanol–water partition coefficient (Wildman–Crippen LogP) is 3.07. The van der Waals surface area contributed by atoms with Gasteiger partial charge in [0.05, 0.1) is 22.8 Å². The predicted molar refractivity (Wildman–Crippen MR) is 84.3 cm³/mol. The Labute approximate surface area is 130 Å². The van der Waals surface area contributed by atoms with Crippen molar-refractivity contribution in [3.8, 4) is 11.8 Å². The summed E-state index contributed by atoms with van der Waals surface area (Å²) in [5.74, 6) is 0.652. The van der Waals surface area contributed by atoms with Gasteiger partial charge in [0.1, 0.15) is 11.8 Å². The van der Waals surface area contributed by atoms with Crippen LogP contribution in [0.1, 0.15) is 18.1 Å². The van der Waals surface area contributed by atoms with Crippen molar-refractivity contribution in [1.29, 1.82) is 5.26 Å². The number of nitriles is 1. The highest BCUT2D eigenvalue weighted by molar-refractivity contribution is 7.92. The molecule has 22 heavy (non-hydrogen) atoms. The van der Waals surface area contributed by atoms with Crippen molar-refractivity contribution < 1.29 is 13.2 Å². The molecule has 0 saturated heterocycles. The van der Waals surface area contributed by atoms with E-state index in [1.54, 1.807) is 43.3 Å². The number of aryl methyl sites for hydroxylation is 1. The average molecular weight is 316 g/mol. The van der Waals surface area contributed by atoms with Crippen LogP contribution in [0.25, 0.3) is 0 Å². The molecule has 2 aromatic rings. The molecule has 0 aliphatic heterocycles. The molecular formula is C16H16N2O3S.